The van der Waals surface area contributed by atoms with Gasteiger partial charge in [0, 0.05) is 6.04 Å². The third-order valence-electron chi connectivity index (χ3n) is 1.40. The Balaban J connectivity index is 0.000000561. The van der Waals surface area contributed by atoms with Gasteiger partial charge in [-0.05, 0) is 18.9 Å². The summed E-state index contributed by atoms with van der Waals surface area (Å²) >= 11 is 0. The summed E-state index contributed by atoms with van der Waals surface area (Å²) in [6.07, 6.45) is 0.973. The Morgan fingerprint density at radius 2 is 1.75 bits per heavy atom. The van der Waals surface area contributed by atoms with Crippen molar-refractivity contribution in [1.82, 2.24) is 0 Å². The Hall–Kier alpha value is -1.08. The maximum atomic E-state index is 5.62. The average Bonchev–Trinajstić information content (AvgIpc) is 2.08. The van der Waals surface area contributed by atoms with Gasteiger partial charge in [0.15, 0.2) is 0 Å². The minimum Gasteiger partial charge on any atom is -0.328 e. The Morgan fingerprint density at radius 3 is 2.17 bits per heavy atom. The van der Waals surface area contributed by atoms with E-state index in [2.05, 4.69) is 25.3 Å². The third kappa shape index (κ3) is 4.69. The van der Waals surface area contributed by atoms with E-state index in [4.69, 9.17) is 5.73 Å². The van der Waals surface area contributed by atoms with Gasteiger partial charge in [-0.1, -0.05) is 30.3 Å². The van der Waals surface area contributed by atoms with Crippen LogP contribution in [0.15, 0.2) is 43.5 Å². The lowest BCUT2D eigenvalue weighted by Crippen LogP contribution is -2.17. The first-order valence-electron chi connectivity index (χ1n) is 4.08. The molecule has 0 heterocycles. The van der Waals surface area contributed by atoms with Crippen molar-refractivity contribution in [2.24, 2.45) is 5.73 Å². The van der Waals surface area contributed by atoms with E-state index in [9.17, 15) is 0 Å². The van der Waals surface area contributed by atoms with Crippen LogP contribution in [0, 0.1) is 0 Å². The van der Waals surface area contributed by atoms with Crippen molar-refractivity contribution in [3.8, 4) is 0 Å². The standard InChI is InChI=1S/C9H13N.C2H4/c1-8(10)7-9-5-3-2-4-6-9;1-2/h2-6,8H,7,10H2,1H3;1-2H2. The van der Waals surface area contributed by atoms with E-state index < -0.39 is 0 Å². The van der Waals surface area contributed by atoms with E-state index in [1.54, 1.807) is 0 Å². The molecule has 0 radical (unpaired) electrons. The molecule has 1 heteroatoms. The van der Waals surface area contributed by atoms with Crippen LogP contribution < -0.4 is 5.73 Å². The van der Waals surface area contributed by atoms with Crippen molar-refractivity contribution in [1.29, 1.82) is 0 Å². The monoisotopic (exact) mass is 163 g/mol. The molecule has 1 unspecified atom stereocenters. The Kier molecular flexibility index (Phi) is 6.02. The highest BCUT2D eigenvalue weighted by molar-refractivity contribution is 5.15. The van der Waals surface area contributed by atoms with Crippen LogP contribution >= 0.6 is 0 Å². The van der Waals surface area contributed by atoms with E-state index in [0.29, 0.717) is 0 Å². The van der Waals surface area contributed by atoms with E-state index in [0.717, 1.165) is 6.42 Å². The molecular weight excluding hydrogens is 146 g/mol. The summed E-state index contributed by atoms with van der Waals surface area (Å²) in [7, 11) is 0. The fourth-order valence-electron chi connectivity index (χ4n) is 0.986. The van der Waals surface area contributed by atoms with Crippen LogP contribution in [0.2, 0.25) is 0 Å². The van der Waals surface area contributed by atoms with Crippen molar-refractivity contribution in [3.63, 3.8) is 0 Å². The molecule has 0 saturated heterocycles. The number of benzene rings is 1. The summed E-state index contributed by atoms with van der Waals surface area (Å²) in [4.78, 5) is 0. The largest absolute Gasteiger partial charge is 0.328 e. The second-order valence-electron chi connectivity index (χ2n) is 2.67. The van der Waals surface area contributed by atoms with Crippen molar-refractivity contribution >= 4 is 0 Å². The molecule has 0 aliphatic heterocycles. The molecule has 0 aliphatic rings. The first-order valence-corrected chi connectivity index (χ1v) is 4.08. The van der Waals surface area contributed by atoms with E-state index >= 15 is 0 Å². The van der Waals surface area contributed by atoms with Crippen molar-refractivity contribution in [2.75, 3.05) is 0 Å². The molecule has 66 valence electrons. The van der Waals surface area contributed by atoms with Gasteiger partial charge in [-0.2, -0.15) is 0 Å². The molecular formula is C11H17N. The van der Waals surface area contributed by atoms with Crippen molar-refractivity contribution in [2.45, 2.75) is 19.4 Å². The maximum absolute atomic E-state index is 5.62. The topological polar surface area (TPSA) is 26.0 Å². The van der Waals surface area contributed by atoms with E-state index in [1.165, 1.54) is 5.56 Å². The van der Waals surface area contributed by atoms with Gasteiger partial charge in [0.05, 0.1) is 0 Å². The van der Waals surface area contributed by atoms with Gasteiger partial charge in [0.2, 0.25) is 0 Å². The maximum Gasteiger partial charge on any atom is 0.00509 e. The van der Waals surface area contributed by atoms with Crippen LogP contribution in [-0.4, -0.2) is 6.04 Å². The third-order valence-corrected chi connectivity index (χ3v) is 1.40. The molecule has 0 spiro atoms. The van der Waals surface area contributed by atoms with Gasteiger partial charge >= 0.3 is 0 Å². The van der Waals surface area contributed by atoms with Gasteiger partial charge in [0.25, 0.3) is 0 Å². The molecule has 0 fully saturated rings. The zero-order chi connectivity index (χ0) is 9.40. The zero-order valence-corrected chi connectivity index (χ0v) is 7.66. The summed E-state index contributed by atoms with van der Waals surface area (Å²) in [6.45, 7) is 8.02. The molecule has 0 saturated carbocycles. The van der Waals surface area contributed by atoms with Crippen LogP contribution in [0.5, 0.6) is 0 Å². The van der Waals surface area contributed by atoms with Crippen LogP contribution in [0.4, 0.5) is 0 Å². The molecule has 0 aliphatic carbocycles. The van der Waals surface area contributed by atoms with Gasteiger partial charge in [-0.3, -0.25) is 0 Å². The van der Waals surface area contributed by atoms with Crippen LogP contribution in [0.1, 0.15) is 12.5 Å². The molecule has 0 aromatic heterocycles. The first-order chi connectivity index (χ1) is 5.79. The quantitative estimate of drug-likeness (QED) is 0.665. The minimum atomic E-state index is 0.266. The molecule has 0 bridgehead atoms. The Labute approximate surface area is 74.9 Å². The van der Waals surface area contributed by atoms with Gasteiger partial charge in [-0.15, -0.1) is 13.2 Å². The van der Waals surface area contributed by atoms with Crippen LogP contribution in [-0.2, 0) is 6.42 Å². The summed E-state index contributed by atoms with van der Waals surface area (Å²) < 4.78 is 0. The first kappa shape index (κ1) is 10.9. The predicted molar refractivity (Wildman–Crippen MR) is 55.0 cm³/mol. The highest BCUT2D eigenvalue weighted by Gasteiger charge is 1.94. The fourth-order valence-corrected chi connectivity index (χ4v) is 0.986. The lowest BCUT2D eigenvalue weighted by atomic mass is 10.1. The molecule has 0 amide bonds. The molecule has 1 aromatic carbocycles. The van der Waals surface area contributed by atoms with Gasteiger partial charge in [0.1, 0.15) is 0 Å². The van der Waals surface area contributed by atoms with E-state index in [-0.39, 0.29) is 6.04 Å². The number of hydrogen-bond acceptors (Lipinski definition) is 1. The van der Waals surface area contributed by atoms with Crippen LogP contribution in [0.3, 0.4) is 0 Å². The van der Waals surface area contributed by atoms with Crippen LogP contribution in [0.25, 0.3) is 0 Å². The molecule has 1 aromatic rings. The predicted octanol–water partition coefficient (Wildman–Crippen LogP) is 2.38. The highest BCUT2D eigenvalue weighted by Crippen LogP contribution is 2.00. The SMILES string of the molecule is C=C.CC(N)Cc1ccccc1. The van der Waals surface area contributed by atoms with Crippen molar-refractivity contribution in [3.05, 3.63) is 49.1 Å². The fraction of sp³-hybridized carbons (Fsp3) is 0.273. The average molecular weight is 163 g/mol. The summed E-state index contributed by atoms with van der Waals surface area (Å²) in [5, 5.41) is 0. The Bertz CT molecular complexity index is 191. The highest BCUT2D eigenvalue weighted by atomic mass is 14.6. The molecule has 1 nitrogen and oxygen atoms in total. The summed E-state index contributed by atoms with van der Waals surface area (Å²) in [5.74, 6) is 0. The normalized spacial score (nSPS) is 11.2. The van der Waals surface area contributed by atoms with Gasteiger partial charge < -0.3 is 5.73 Å². The number of hydrogen-bond donors (Lipinski definition) is 1. The lowest BCUT2D eigenvalue weighted by Gasteiger charge is -2.02. The summed E-state index contributed by atoms with van der Waals surface area (Å²) in [6, 6.07) is 10.6. The number of nitrogens with two attached hydrogens (primary N) is 1. The second-order valence-corrected chi connectivity index (χ2v) is 2.67. The smallest absolute Gasteiger partial charge is 0.00509 e. The van der Waals surface area contributed by atoms with Gasteiger partial charge in [-0.25, -0.2) is 0 Å². The van der Waals surface area contributed by atoms with Crippen molar-refractivity contribution < 1.29 is 0 Å². The molecule has 2 N–H and O–H groups in total. The minimum absolute atomic E-state index is 0.266. The molecule has 12 heavy (non-hydrogen) atoms. The number of rotatable bonds is 2. The second kappa shape index (κ2) is 6.62. The summed E-state index contributed by atoms with van der Waals surface area (Å²) in [5.41, 5.74) is 6.94. The Morgan fingerprint density at radius 1 is 1.25 bits per heavy atom. The molecule has 1 rings (SSSR count). The van der Waals surface area contributed by atoms with E-state index in [1.807, 2.05) is 25.1 Å². The molecule has 1 atom stereocenters. The lowest BCUT2D eigenvalue weighted by molar-refractivity contribution is 0.738. The zero-order valence-electron chi connectivity index (χ0n) is 7.66.